The molecule has 17 atom stereocenters. The molecule has 0 aromatic rings. The lowest BCUT2D eigenvalue weighted by atomic mass is 9.42. The average molecular weight is 697 g/mol. The highest BCUT2D eigenvalue weighted by Gasteiger charge is 2.70. The summed E-state index contributed by atoms with van der Waals surface area (Å²) in [5, 5.41) is 65.4. The maximum atomic E-state index is 12.5. The number of hydrogen-bond donors (Lipinski definition) is 6. The zero-order chi connectivity index (χ0) is 35.1. The first-order chi connectivity index (χ1) is 23.2. The molecule has 6 N–H and O–H groups in total. The van der Waals surface area contributed by atoms with Gasteiger partial charge in [-0.2, -0.15) is 0 Å². The second-order valence-corrected chi connectivity index (χ2v) is 16.6. The minimum absolute atomic E-state index is 0.0724. The highest BCUT2D eigenvalue weighted by molar-refractivity contribution is 5.85. The van der Waals surface area contributed by atoms with Crippen LogP contribution in [0.15, 0.2) is 11.6 Å². The third-order valence-electron chi connectivity index (χ3n) is 14.5. The second kappa shape index (κ2) is 13.0. The Kier molecular flexibility index (Phi) is 9.60. The topological polar surface area (TPSA) is 194 Å². The number of carbonyl (C=O) groups is 1. The summed E-state index contributed by atoms with van der Waals surface area (Å²) < 4.78 is 35.4. The molecule has 0 radical (unpaired) electrons. The lowest BCUT2D eigenvalue weighted by Gasteiger charge is -2.66. The lowest BCUT2D eigenvalue weighted by Crippen LogP contribution is -2.67. The highest BCUT2D eigenvalue weighted by Crippen LogP contribution is 2.70. The summed E-state index contributed by atoms with van der Waals surface area (Å²) in [5.74, 6) is 0.0783. The van der Waals surface area contributed by atoms with Crippen molar-refractivity contribution in [3.8, 4) is 0 Å². The Hall–Kier alpha value is -1.23. The van der Waals surface area contributed by atoms with Gasteiger partial charge in [0.25, 0.3) is 0 Å². The Bertz CT molecular complexity index is 1280. The molecular formula is C36H56O13. The van der Waals surface area contributed by atoms with Crippen LogP contribution in [-0.2, 0) is 33.2 Å². The van der Waals surface area contributed by atoms with Crippen LogP contribution in [0.4, 0.5) is 0 Å². The Balaban J connectivity index is 0.994. The molecule has 3 aliphatic heterocycles. The van der Waals surface area contributed by atoms with Gasteiger partial charge in [-0.05, 0) is 87.0 Å². The number of rotatable bonds is 7. The number of esters is 1. The predicted molar refractivity (Wildman–Crippen MR) is 170 cm³/mol. The standard InChI is InChI=1S/C36H56O13/c1-18-31(49-32-30(41)29(40)28(39)25(16-37)48-32)24(44-4)14-27(46-18)47-20-5-9-33(2)22-6-10-34(3)21(19-13-26(38)45-17-19)8-12-36(34,43)23(22)7-11-35(33,42)15-20/h13,18,20-25,27-32,37,39-43H,5-12,14-17H2,1-4H3/t18-,20+,21+,22+,23-,24+,25-,27+,28-,29+,30-,31-,32+,33-,34-,35+,36+/m1/s1. The fraction of sp³-hybridized carbons (Fsp3) is 0.917. The minimum atomic E-state index is -1.56. The molecule has 0 unspecified atom stereocenters. The van der Waals surface area contributed by atoms with Crippen molar-refractivity contribution in [3.05, 3.63) is 11.6 Å². The van der Waals surface area contributed by atoms with E-state index in [1.165, 1.54) is 0 Å². The van der Waals surface area contributed by atoms with E-state index in [9.17, 15) is 35.4 Å². The van der Waals surface area contributed by atoms with Crippen LogP contribution in [0, 0.1) is 28.6 Å². The van der Waals surface area contributed by atoms with E-state index in [0.717, 1.165) is 44.1 Å². The molecule has 3 heterocycles. The average Bonchev–Trinajstić information content (AvgIpc) is 3.61. The summed E-state index contributed by atoms with van der Waals surface area (Å²) in [6.07, 6.45) is -1.10. The molecule has 2 saturated heterocycles. The lowest BCUT2D eigenvalue weighted by molar-refractivity contribution is -0.347. The first-order valence-corrected chi connectivity index (χ1v) is 18.3. The smallest absolute Gasteiger partial charge is 0.331 e. The molecule has 7 aliphatic rings. The van der Waals surface area contributed by atoms with Gasteiger partial charge in [0.15, 0.2) is 12.6 Å². The van der Waals surface area contributed by atoms with E-state index < -0.39 is 73.1 Å². The van der Waals surface area contributed by atoms with Crippen LogP contribution in [-0.4, -0.2) is 130 Å². The molecule has 6 fully saturated rings. The number of cyclic esters (lactones) is 1. The van der Waals surface area contributed by atoms with Crippen molar-refractivity contribution in [2.75, 3.05) is 20.3 Å². The van der Waals surface area contributed by atoms with Crippen molar-refractivity contribution < 1.29 is 63.9 Å². The summed E-state index contributed by atoms with van der Waals surface area (Å²) in [5.41, 5.74) is -1.52. The van der Waals surface area contributed by atoms with Crippen molar-refractivity contribution in [3.63, 3.8) is 0 Å². The number of aliphatic hydroxyl groups excluding tert-OH is 4. The van der Waals surface area contributed by atoms with Crippen LogP contribution in [0.25, 0.3) is 0 Å². The monoisotopic (exact) mass is 696 g/mol. The number of fused-ring (bicyclic) bond motifs is 5. The molecule has 0 aromatic heterocycles. The maximum Gasteiger partial charge on any atom is 0.331 e. The van der Waals surface area contributed by atoms with Gasteiger partial charge in [-0.25, -0.2) is 4.79 Å². The molecule has 0 bridgehead atoms. The van der Waals surface area contributed by atoms with Crippen molar-refractivity contribution >= 4 is 5.97 Å². The summed E-state index contributed by atoms with van der Waals surface area (Å²) in [6.45, 7) is 5.98. The Morgan fingerprint density at radius 3 is 2.33 bits per heavy atom. The van der Waals surface area contributed by atoms with Gasteiger partial charge in [0.05, 0.1) is 36.1 Å². The first-order valence-electron chi connectivity index (χ1n) is 18.3. The van der Waals surface area contributed by atoms with Gasteiger partial charge in [-0.15, -0.1) is 0 Å². The Labute approximate surface area is 287 Å². The van der Waals surface area contributed by atoms with Gasteiger partial charge in [-0.1, -0.05) is 13.8 Å². The van der Waals surface area contributed by atoms with Crippen LogP contribution < -0.4 is 0 Å². The normalized spacial score (nSPS) is 54.4. The van der Waals surface area contributed by atoms with E-state index in [1.807, 2.05) is 0 Å². The van der Waals surface area contributed by atoms with Crippen molar-refractivity contribution in [2.24, 2.45) is 28.6 Å². The molecule has 7 rings (SSSR count). The van der Waals surface area contributed by atoms with Gasteiger partial charge in [-0.3, -0.25) is 0 Å². The molecule has 0 aromatic carbocycles. The van der Waals surface area contributed by atoms with Gasteiger partial charge >= 0.3 is 5.97 Å². The molecule has 49 heavy (non-hydrogen) atoms. The number of hydrogen-bond acceptors (Lipinski definition) is 13. The van der Waals surface area contributed by atoms with E-state index in [2.05, 4.69) is 13.8 Å². The molecular weight excluding hydrogens is 640 g/mol. The van der Waals surface area contributed by atoms with Crippen molar-refractivity contribution in [1.82, 2.24) is 0 Å². The molecule has 4 aliphatic carbocycles. The van der Waals surface area contributed by atoms with Gasteiger partial charge in [0.1, 0.15) is 37.1 Å². The number of ether oxygens (including phenoxy) is 6. The molecule has 0 amide bonds. The zero-order valence-electron chi connectivity index (χ0n) is 29.1. The minimum Gasteiger partial charge on any atom is -0.458 e. The van der Waals surface area contributed by atoms with Crippen molar-refractivity contribution in [1.29, 1.82) is 0 Å². The van der Waals surface area contributed by atoms with Gasteiger partial charge in [0.2, 0.25) is 0 Å². The molecule has 0 spiro atoms. The van der Waals surface area contributed by atoms with E-state index in [-0.39, 0.29) is 40.7 Å². The van der Waals surface area contributed by atoms with Crippen molar-refractivity contribution in [2.45, 2.75) is 158 Å². The summed E-state index contributed by atoms with van der Waals surface area (Å²) in [6, 6.07) is 0. The maximum absolute atomic E-state index is 12.5. The fourth-order valence-electron chi connectivity index (χ4n) is 11.5. The second-order valence-electron chi connectivity index (χ2n) is 16.6. The summed E-state index contributed by atoms with van der Waals surface area (Å²) >= 11 is 0. The largest absolute Gasteiger partial charge is 0.458 e. The number of carbonyl (C=O) groups excluding carboxylic acids is 1. The quantitative estimate of drug-likeness (QED) is 0.164. The van der Waals surface area contributed by atoms with Crippen LogP contribution in [0.2, 0.25) is 0 Å². The third kappa shape index (κ3) is 5.65. The molecule has 278 valence electrons. The zero-order valence-corrected chi connectivity index (χ0v) is 29.1. The summed E-state index contributed by atoms with van der Waals surface area (Å²) in [4.78, 5) is 11.9. The molecule has 13 heteroatoms. The fourth-order valence-corrected chi connectivity index (χ4v) is 11.5. The van der Waals surface area contributed by atoms with Gasteiger partial charge < -0.3 is 59.1 Å². The predicted octanol–water partition coefficient (Wildman–Crippen LogP) is 1.08. The van der Waals surface area contributed by atoms with E-state index in [4.69, 9.17) is 28.4 Å². The Morgan fingerprint density at radius 2 is 1.63 bits per heavy atom. The Morgan fingerprint density at radius 1 is 0.898 bits per heavy atom. The number of aliphatic hydroxyl groups is 6. The molecule has 13 nitrogen and oxygen atoms in total. The van der Waals surface area contributed by atoms with Crippen LogP contribution in [0.1, 0.15) is 85.0 Å². The first kappa shape index (κ1) is 36.1. The van der Waals surface area contributed by atoms with E-state index in [0.29, 0.717) is 32.3 Å². The summed E-state index contributed by atoms with van der Waals surface area (Å²) in [7, 11) is 1.55. The third-order valence-corrected chi connectivity index (χ3v) is 14.5. The SMILES string of the molecule is CO[C@H]1C[C@H](O[C@H]2CC[C@]3(C)[C@H]4CC[C@]5(C)[C@H](C6=CC(=O)OC6)CC[C@]5(O)[C@@H]4CC[C@]3(O)C2)O[C@H](C)[C@H]1O[C@@H]1O[C@H](CO)[C@@H](O)[C@H](O)[C@H]1O. The van der Waals surface area contributed by atoms with E-state index >= 15 is 0 Å². The van der Waals surface area contributed by atoms with E-state index in [1.54, 1.807) is 20.1 Å². The van der Waals surface area contributed by atoms with Gasteiger partial charge in [0, 0.05) is 31.4 Å². The van der Waals surface area contributed by atoms with Crippen LogP contribution in [0.5, 0.6) is 0 Å². The van der Waals surface area contributed by atoms with Crippen LogP contribution >= 0.6 is 0 Å². The van der Waals surface area contributed by atoms with Crippen LogP contribution in [0.3, 0.4) is 0 Å². The number of methoxy groups -OCH3 is 1. The highest BCUT2D eigenvalue weighted by atomic mass is 16.7. The molecule has 4 saturated carbocycles.